The summed E-state index contributed by atoms with van der Waals surface area (Å²) in [7, 11) is 0. The Bertz CT molecular complexity index is 683. The van der Waals surface area contributed by atoms with Crippen LogP contribution in [0, 0.1) is 12.7 Å². The first kappa shape index (κ1) is 13.6. The van der Waals surface area contributed by atoms with Gasteiger partial charge in [-0.25, -0.2) is 9.18 Å². The van der Waals surface area contributed by atoms with Crippen LogP contribution in [0.25, 0.3) is 11.3 Å². The lowest BCUT2D eigenvalue weighted by atomic mass is 10.1. The summed E-state index contributed by atoms with van der Waals surface area (Å²) >= 11 is 0. The first-order valence-corrected chi connectivity index (χ1v) is 6.79. The SMILES string of the molecule is Cc1ccc(F)c(-c2cc([C@H]3CCCN3C(=O)O)no2)c1. The number of halogens is 1. The summed E-state index contributed by atoms with van der Waals surface area (Å²) in [6, 6.07) is 6.06. The topological polar surface area (TPSA) is 66.6 Å². The van der Waals surface area contributed by atoms with Crippen molar-refractivity contribution in [2.75, 3.05) is 6.54 Å². The van der Waals surface area contributed by atoms with Crippen molar-refractivity contribution in [2.45, 2.75) is 25.8 Å². The van der Waals surface area contributed by atoms with Crippen molar-refractivity contribution >= 4 is 6.09 Å². The minimum absolute atomic E-state index is 0.312. The Kier molecular flexibility index (Phi) is 3.37. The smallest absolute Gasteiger partial charge is 0.407 e. The highest BCUT2D eigenvalue weighted by Gasteiger charge is 2.32. The van der Waals surface area contributed by atoms with Crippen LogP contribution in [0.1, 0.15) is 30.1 Å². The number of likely N-dealkylation sites (tertiary alicyclic amines) is 1. The third kappa shape index (κ3) is 2.49. The molecule has 0 saturated carbocycles. The van der Waals surface area contributed by atoms with Crippen molar-refractivity contribution in [1.29, 1.82) is 0 Å². The van der Waals surface area contributed by atoms with Crippen molar-refractivity contribution in [3.8, 4) is 11.3 Å². The van der Waals surface area contributed by atoms with Gasteiger partial charge in [0.2, 0.25) is 0 Å². The zero-order chi connectivity index (χ0) is 15.0. The largest absolute Gasteiger partial charge is 0.465 e. The first-order chi connectivity index (χ1) is 10.1. The van der Waals surface area contributed by atoms with Crippen LogP contribution in [-0.4, -0.2) is 27.8 Å². The van der Waals surface area contributed by atoms with Crippen molar-refractivity contribution < 1.29 is 18.8 Å². The fourth-order valence-electron chi connectivity index (χ4n) is 2.70. The predicted octanol–water partition coefficient (Wildman–Crippen LogP) is 3.60. The van der Waals surface area contributed by atoms with Gasteiger partial charge in [0.1, 0.15) is 11.5 Å². The van der Waals surface area contributed by atoms with Gasteiger partial charge in [-0.3, -0.25) is 4.90 Å². The highest BCUT2D eigenvalue weighted by Crippen LogP contribution is 2.34. The molecule has 1 aliphatic rings. The number of carboxylic acid groups (broad SMARTS) is 1. The molecule has 1 atom stereocenters. The Morgan fingerprint density at radius 2 is 2.29 bits per heavy atom. The summed E-state index contributed by atoms with van der Waals surface area (Å²) < 4.78 is 19.1. The summed E-state index contributed by atoms with van der Waals surface area (Å²) in [4.78, 5) is 12.5. The van der Waals surface area contributed by atoms with Gasteiger partial charge in [0.15, 0.2) is 5.76 Å². The second-order valence-corrected chi connectivity index (χ2v) is 5.23. The van der Waals surface area contributed by atoms with Gasteiger partial charge in [-0.2, -0.15) is 0 Å². The molecule has 0 radical (unpaired) electrons. The van der Waals surface area contributed by atoms with Crippen molar-refractivity contribution in [3.63, 3.8) is 0 Å². The fraction of sp³-hybridized carbons (Fsp3) is 0.333. The van der Waals surface area contributed by atoms with Gasteiger partial charge in [0.05, 0.1) is 11.6 Å². The van der Waals surface area contributed by atoms with Crippen LogP contribution >= 0.6 is 0 Å². The molecule has 1 saturated heterocycles. The van der Waals surface area contributed by atoms with E-state index < -0.39 is 6.09 Å². The number of hydrogen-bond donors (Lipinski definition) is 1. The molecule has 6 heteroatoms. The number of benzene rings is 1. The van der Waals surface area contributed by atoms with Crippen LogP contribution in [-0.2, 0) is 0 Å². The number of rotatable bonds is 2. The van der Waals surface area contributed by atoms with E-state index in [2.05, 4.69) is 5.16 Å². The number of aromatic nitrogens is 1. The Morgan fingerprint density at radius 3 is 3.05 bits per heavy atom. The summed E-state index contributed by atoms with van der Waals surface area (Å²) in [5.41, 5.74) is 1.79. The lowest BCUT2D eigenvalue weighted by Gasteiger charge is -2.18. The molecule has 2 aromatic rings. The average Bonchev–Trinajstić information content (AvgIpc) is 3.08. The molecule has 5 nitrogen and oxygen atoms in total. The van der Waals surface area contributed by atoms with Gasteiger partial charge in [-0.1, -0.05) is 16.8 Å². The molecule has 1 amide bonds. The van der Waals surface area contributed by atoms with Gasteiger partial charge >= 0.3 is 6.09 Å². The Hall–Kier alpha value is -2.37. The van der Waals surface area contributed by atoms with E-state index in [0.717, 1.165) is 12.0 Å². The third-order valence-corrected chi connectivity index (χ3v) is 3.76. The first-order valence-electron chi connectivity index (χ1n) is 6.79. The summed E-state index contributed by atoms with van der Waals surface area (Å²) in [6.45, 7) is 2.35. The van der Waals surface area contributed by atoms with E-state index in [-0.39, 0.29) is 11.9 Å². The van der Waals surface area contributed by atoms with E-state index in [0.29, 0.717) is 30.0 Å². The zero-order valence-electron chi connectivity index (χ0n) is 11.5. The molecule has 1 fully saturated rings. The molecule has 0 aliphatic carbocycles. The van der Waals surface area contributed by atoms with E-state index in [1.165, 1.54) is 11.0 Å². The second-order valence-electron chi connectivity index (χ2n) is 5.23. The molecule has 0 bridgehead atoms. The summed E-state index contributed by atoms with van der Waals surface area (Å²) in [5.74, 6) is -0.0618. The molecule has 110 valence electrons. The highest BCUT2D eigenvalue weighted by molar-refractivity contribution is 5.66. The minimum Gasteiger partial charge on any atom is -0.465 e. The van der Waals surface area contributed by atoms with E-state index in [1.807, 2.05) is 6.92 Å². The van der Waals surface area contributed by atoms with E-state index in [4.69, 9.17) is 9.63 Å². The molecule has 0 unspecified atom stereocenters. The number of amides is 1. The maximum atomic E-state index is 13.9. The zero-order valence-corrected chi connectivity index (χ0v) is 11.5. The highest BCUT2D eigenvalue weighted by atomic mass is 19.1. The van der Waals surface area contributed by atoms with Crippen LogP contribution in [0.2, 0.25) is 0 Å². The van der Waals surface area contributed by atoms with Crippen molar-refractivity contribution in [1.82, 2.24) is 10.1 Å². The molecule has 21 heavy (non-hydrogen) atoms. The van der Waals surface area contributed by atoms with Crippen LogP contribution < -0.4 is 0 Å². The van der Waals surface area contributed by atoms with Crippen molar-refractivity contribution in [3.05, 3.63) is 41.3 Å². The molecule has 0 spiro atoms. The molecule has 3 rings (SSSR count). The van der Waals surface area contributed by atoms with Gasteiger partial charge < -0.3 is 9.63 Å². The van der Waals surface area contributed by atoms with Gasteiger partial charge in [0, 0.05) is 12.6 Å². The number of aryl methyl sites for hydroxylation is 1. The lowest BCUT2D eigenvalue weighted by molar-refractivity contribution is 0.138. The van der Waals surface area contributed by atoms with E-state index in [1.54, 1.807) is 18.2 Å². The van der Waals surface area contributed by atoms with Crippen molar-refractivity contribution in [2.24, 2.45) is 0 Å². The molecule has 1 aromatic carbocycles. The van der Waals surface area contributed by atoms with Crippen LogP contribution in [0.3, 0.4) is 0 Å². The number of hydrogen-bond acceptors (Lipinski definition) is 3. The Morgan fingerprint density at radius 1 is 1.48 bits per heavy atom. The normalized spacial score (nSPS) is 18.2. The van der Waals surface area contributed by atoms with Crippen LogP contribution in [0.4, 0.5) is 9.18 Å². The quantitative estimate of drug-likeness (QED) is 0.917. The Labute approximate surface area is 121 Å². The molecule has 1 N–H and O–H groups in total. The second kappa shape index (κ2) is 5.20. The number of carbonyl (C=O) groups is 1. The number of nitrogens with zero attached hydrogens (tertiary/aromatic N) is 2. The molecule has 2 heterocycles. The monoisotopic (exact) mass is 290 g/mol. The van der Waals surface area contributed by atoms with E-state index >= 15 is 0 Å². The standard InChI is InChI=1S/C15H15FN2O3/c1-9-4-5-11(16)10(7-9)14-8-12(17-21-14)13-3-2-6-18(13)15(19)20/h4-5,7-8,13H,2-3,6H2,1H3,(H,19,20)/t13-/m1/s1. The fourth-order valence-corrected chi connectivity index (χ4v) is 2.70. The lowest BCUT2D eigenvalue weighted by Crippen LogP contribution is -2.28. The Balaban J connectivity index is 1.93. The van der Waals surface area contributed by atoms with Gasteiger partial charge in [-0.05, 0) is 31.9 Å². The van der Waals surface area contributed by atoms with E-state index in [9.17, 15) is 9.18 Å². The van der Waals surface area contributed by atoms with Gasteiger partial charge in [0.25, 0.3) is 0 Å². The maximum Gasteiger partial charge on any atom is 0.407 e. The maximum absolute atomic E-state index is 13.9. The molecule has 1 aromatic heterocycles. The minimum atomic E-state index is -0.969. The summed E-state index contributed by atoms with van der Waals surface area (Å²) in [5, 5.41) is 13.1. The summed E-state index contributed by atoms with van der Waals surface area (Å²) in [6.07, 6.45) is 0.524. The third-order valence-electron chi connectivity index (χ3n) is 3.76. The molecular formula is C15H15FN2O3. The molecule has 1 aliphatic heterocycles. The average molecular weight is 290 g/mol. The predicted molar refractivity (Wildman–Crippen MR) is 73.3 cm³/mol. The van der Waals surface area contributed by atoms with Crippen LogP contribution in [0.5, 0.6) is 0 Å². The molecular weight excluding hydrogens is 275 g/mol. The van der Waals surface area contributed by atoms with Gasteiger partial charge in [-0.15, -0.1) is 0 Å². The van der Waals surface area contributed by atoms with Crippen LogP contribution in [0.15, 0.2) is 28.8 Å².